The van der Waals surface area contributed by atoms with Crippen LogP contribution < -0.4 is 29.6 Å². The van der Waals surface area contributed by atoms with Crippen molar-refractivity contribution in [2.45, 2.75) is 78.1 Å². The molecule has 0 saturated carbocycles. The first kappa shape index (κ1) is 46.8. The Hall–Kier alpha value is -8.26. The fourth-order valence-electron chi connectivity index (χ4n) is 8.80. The number of hydrogen-bond donors (Lipinski definition) is 4. The van der Waals surface area contributed by atoms with E-state index < -0.39 is 0 Å². The molecule has 0 aliphatic carbocycles. The summed E-state index contributed by atoms with van der Waals surface area (Å²) in [7, 11) is 0. The van der Waals surface area contributed by atoms with Crippen LogP contribution in [0.15, 0.2) is 134 Å². The lowest BCUT2D eigenvalue weighted by molar-refractivity contribution is -0.117. The number of pyridine rings is 2. The Morgan fingerprint density at radius 2 is 0.943 bits per heavy atom. The van der Waals surface area contributed by atoms with Crippen molar-refractivity contribution in [3.63, 3.8) is 0 Å². The zero-order valence-corrected chi connectivity index (χ0v) is 39.8. The number of imidazole rings is 2. The van der Waals surface area contributed by atoms with E-state index in [0.717, 1.165) is 92.3 Å². The summed E-state index contributed by atoms with van der Waals surface area (Å²) in [5.41, 5.74) is 8.24. The van der Waals surface area contributed by atoms with Crippen LogP contribution in [0.5, 0.6) is 34.5 Å². The number of nitrogens with one attached hydrogen (secondary N) is 4. The Balaban J connectivity index is 0.000000163. The Morgan fingerprint density at radius 3 is 1.37 bits per heavy atom. The van der Waals surface area contributed by atoms with Gasteiger partial charge in [0.2, 0.25) is 11.8 Å². The molecule has 70 heavy (non-hydrogen) atoms. The number of H-pyrrole nitrogens is 2. The SMILES string of the molecule is CC.CC.O=C1CCc2c(Oc3ccc4c(c3)C[C@@H](c3ncc(-c5ccccc5)[nH]3)CO4)ccnc2N1.O=C1CCc2c(Oc3ccc4c(c3)C[C@H](c3ncc(-c5ccccc5)[nH]3)CO4)ccnc2N1. The zero-order valence-electron chi connectivity index (χ0n) is 39.8. The molecule has 0 spiro atoms. The summed E-state index contributed by atoms with van der Waals surface area (Å²) in [6.45, 7) is 9.15. The largest absolute Gasteiger partial charge is 0.493 e. The van der Waals surface area contributed by atoms with E-state index in [1.54, 1.807) is 12.4 Å². The van der Waals surface area contributed by atoms with Crippen molar-refractivity contribution in [1.82, 2.24) is 29.9 Å². The van der Waals surface area contributed by atoms with Crippen LogP contribution >= 0.6 is 0 Å². The molecule has 356 valence electrons. The monoisotopic (exact) mass is 936 g/mol. The summed E-state index contributed by atoms with van der Waals surface area (Å²) in [5, 5.41) is 5.63. The van der Waals surface area contributed by atoms with Crippen molar-refractivity contribution < 1.29 is 28.5 Å². The van der Waals surface area contributed by atoms with E-state index >= 15 is 0 Å². The van der Waals surface area contributed by atoms with Gasteiger partial charge >= 0.3 is 0 Å². The Bertz CT molecular complexity index is 2870. The molecule has 0 unspecified atom stereocenters. The maximum Gasteiger partial charge on any atom is 0.225 e. The number of ether oxygens (including phenoxy) is 4. The molecule has 2 amide bonds. The first-order valence-corrected chi connectivity index (χ1v) is 24.1. The number of carbonyl (C=O) groups is 2. The number of aromatic nitrogens is 6. The molecule has 4 aromatic carbocycles. The lowest BCUT2D eigenvalue weighted by Crippen LogP contribution is -2.20. The number of rotatable bonds is 8. The number of aromatic amines is 2. The highest BCUT2D eigenvalue weighted by atomic mass is 16.5. The van der Waals surface area contributed by atoms with Crippen molar-refractivity contribution in [2.75, 3.05) is 23.8 Å². The van der Waals surface area contributed by atoms with Crippen molar-refractivity contribution >= 4 is 23.5 Å². The number of hydrogen-bond acceptors (Lipinski definition) is 10. The van der Waals surface area contributed by atoms with E-state index in [9.17, 15) is 9.59 Å². The van der Waals surface area contributed by atoms with Gasteiger partial charge in [-0.25, -0.2) is 19.9 Å². The number of carbonyl (C=O) groups excluding carboxylic acids is 2. The minimum atomic E-state index is -0.0162. The van der Waals surface area contributed by atoms with Gasteiger partial charge in [0.1, 0.15) is 57.8 Å². The van der Waals surface area contributed by atoms with E-state index in [-0.39, 0.29) is 23.7 Å². The van der Waals surface area contributed by atoms with Gasteiger partial charge in [0.05, 0.1) is 48.8 Å². The summed E-state index contributed by atoms with van der Waals surface area (Å²) in [6.07, 6.45) is 10.8. The molecule has 2 atom stereocenters. The van der Waals surface area contributed by atoms with Gasteiger partial charge in [-0.3, -0.25) is 9.59 Å². The van der Waals surface area contributed by atoms with Crippen LogP contribution in [0.25, 0.3) is 22.5 Å². The Kier molecular flexibility index (Phi) is 14.6. The van der Waals surface area contributed by atoms with Gasteiger partial charge in [-0.15, -0.1) is 0 Å². The van der Waals surface area contributed by atoms with E-state index in [4.69, 9.17) is 18.9 Å². The average Bonchev–Trinajstić information content (AvgIpc) is 4.12. The van der Waals surface area contributed by atoms with E-state index in [1.165, 1.54) is 0 Å². The normalized spacial score (nSPS) is 16.1. The average molecular weight is 937 g/mol. The molecular formula is C56H56N8O6. The van der Waals surface area contributed by atoms with Crippen LogP contribution in [0.3, 0.4) is 0 Å². The fraction of sp³-hybridized carbons (Fsp3) is 0.250. The topological polar surface area (TPSA) is 178 Å². The van der Waals surface area contributed by atoms with E-state index in [1.807, 2.05) is 125 Å². The van der Waals surface area contributed by atoms with Gasteiger partial charge in [0.25, 0.3) is 0 Å². The third kappa shape index (κ3) is 10.6. The van der Waals surface area contributed by atoms with Gasteiger partial charge in [-0.05, 0) is 96.5 Å². The van der Waals surface area contributed by atoms with Crippen LogP contribution in [0, 0.1) is 0 Å². The number of benzene rings is 4. The van der Waals surface area contributed by atoms with Gasteiger partial charge in [-0.2, -0.15) is 0 Å². The summed E-state index contributed by atoms with van der Waals surface area (Å²) in [5.74, 6) is 7.87. The molecule has 0 saturated heterocycles. The molecular weight excluding hydrogens is 881 g/mol. The molecule has 14 heteroatoms. The highest BCUT2D eigenvalue weighted by Crippen LogP contribution is 2.40. The van der Waals surface area contributed by atoms with Gasteiger partial charge in [0, 0.05) is 36.4 Å². The zero-order chi connectivity index (χ0) is 48.4. The van der Waals surface area contributed by atoms with E-state index in [2.05, 4.69) is 64.8 Å². The maximum absolute atomic E-state index is 11.7. The molecule has 4 aromatic heterocycles. The Labute approximate surface area is 407 Å². The third-order valence-electron chi connectivity index (χ3n) is 12.2. The molecule has 8 heterocycles. The molecule has 12 rings (SSSR count). The van der Waals surface area contributed by atoms with Gasteiger partial charge < -0.3 is 39.5 Å². The lowest BCUT2D eigenvalue weighted by atomic mass is 9.96. The summed E-state index contributed by atoms with van der Waals surface area (Å²) in [4.78, 5) is 48.0. The molecule has 0 bridgehead atoms. The molecule has 4 aliphatic heterocycles. The number of fused-ring (bicyclic) bond motifs is 4. The molecule has 0 radical (unpaired) electrons. The van der Waals surface area contributed by atoms with Crippen LogP contribution in [0.4, 0.5) is 11.6 Å². The first-order valence-electron chi connectivity index (χ1n) is 24.1. The Morgan fingerprint density at radius 1 is 0.514 bits per heavy atom. The molecule has 8 aromatic rings. The first-order chi connectivity index (χ1) is 34.5. The third-order valence-corrected chi connectivity index (χ3v) is 12.2. The molecule has 14 nitrogen and oxygen atoms in total. The lowest BCUT2D eigenvalue weighted by Gasteiger charge is -2.25. The predicted molar refractivity (Wildman–Crippen MR) is 270 cm³/mol. The standard InChI is InChI=1S/2C26H22N4O3.2C2H6/c2*31-24-9-7-20-23(10-11-27-26(20)30-24)33-19-6-8-22-17(13-19)12-18(15-32-22)25-28-14-21(29-25)16-4-2-1-3-5-16;2*1-2/h2*1-6,8,10-11,13-14,18H,7,9,12,15H2,(H,28,29)(H,27,30,31);2*1-2H3/t2*18-;;/m10../s1. The van der Waals surface area contributed by atoms with Crippen molar-refractivity contribution in [3.8, 4) is 57.0 Å². The minimum Gasteiger partial charge on any atom is -0.493 e. The van der Waals surface area contributed by atoms with Crippen LogP contribution in [-0.4, -0.2) is 54.9 Å². The van der Waals surface area contributed by atoms with Gasteiger partial charge in [-0.1, -0.05) is 88.4 Å². The number of nitrogens with zero attached hydrogens (tertiary/aromatic N) is 4. The summed E-state index contributed by atoms with van der Waals surface area (Å²) < 4.78 is 24.5. The quantitative estimate of drug-likeness (QED) is 0.115. The van der Waals surface area contributed by atoms with Gasteiger partial charge in [0.15, 0.2) is 0 Å². The fourth-order valence-corrected chi connectivity index (χ4v) is 8.80. The van der Waals surface area contributed by atoms with Crippen molar-refractivity contribution in [1.29, 1.82) is 0 Å². The number of anilines is 2. The maximum atomic E-state index is 11.7. The molecule has 4 N–H and O–H groups in total. The predicted octanol–water partition coefficient (Wildman–Crippen LogP) is 11.8. The smallest absolute Gasteiger partial charge is 0.225 e. The number of amides is 2. The summed E-state index contributed by atoms with van der Waals surface area (Å²) >= 11 is 0. The van der Waals surface area contributed by atoms with Crippen LogP contribution in [0.1, 0.15) is 86.3 Å². The second kappa shape index (κ2) is 21.8. The second-order valence-electron chi connectivity index (χ2n) is 16.6. The van der Waals surface area contributed by atoms with Crippen molar-refractivity contribution in [2.24, 2.45) is 0 Å². The highest BCUT2D eigenvalue weighted by Gasteiger charge is 2.27. The molecule has 4 aliphatic rings. The highest BCUT2D eigenvalue weighted by molar-refractivity contribution is 5.94. The molecule has 0 fully saturated rings. The van der Waals surface area contributed by atoms with Crippen LogP contribution in [-0.2, 0) is 35.3 Å². The van der Waals surface area contributed by atoms with Crippen LogP contribution in [0.2, 0.25) is 0 Å². The second-order valence-corrected chi connectivity index (χ2v) is 16.6. The minimum absolute atomic E-state index is 0.0162. The summed E-state index contributed by atoms with van der Waals surface area (Å²) in [6, 6.07) is 35.8. The van der Waals surface area contributed by atoms with E-state index in [0.29, 0.717) is 62.0 Å². The van der Waals surface area contributed by atoms with Crippen molar-refractivity contribution in [3.05, 3.63) is 168 Å².